The van der Waals surface area contributed by atoms with E-state index in [2.05, 4.69) is 55.5 Å². The molecule has 0 N–H and O–H groups in total. The van der Waals surface area contributed by atoms with Crippen molar-refractivity contribution >= 4 is 37.4 Å². The predicted octanol–water partition coefficient (Wildman–Crippen LogP) is 4.38. The van der Waals surface area contributed by atoms with Crippen LogP contribution in [0, 0.1) is 0 Å². The van der Waals surface area contributed by atoms with E-state index in [9.17, 15) is 0 Å². The molecule has 0 radical (unpaired) electrons. The topological polar surface area (TPSA) is 35.0 Å². The zero-order valence-electron chi connectivity index (χ0n) is 10.9. The van der Waals surface area contributed by atoms with Crippen molar-refractivity contribution in [3.8, 4) is 5.88 Å². The monoisotopic (exact) mass is 348 g/mol. The molecule has 0 aliphatic rings. The van der Waals surface area contributed by atoms with E-state index in [4.69, 9.17) is 4.74 Å². The number of aromatic nitrogens is 2. The number of ether oxygens (including phenoxy) is 1. The lowest BCUT2D eigenvalue weighted by Gasteiger charge is -2.09. The van der Waals surface area contributed by atoms with Crippen molar-refractivity contribution in [1.29, 1.82) is 0 Å². The molecule has 5 heteroatoms. The van der Waals surface area contributed by atoms with Crippen LogP contribution in [0.5, 0.6) is 5.88 Å². The average molecular weight is 349 g/mol. The van der Waals surface area contributed by atoms with E-state index >= 15 is 0 Å². The number of methoxy groups -OCH3 is 1. The zero-order valence-corrected chi connectivity index (χ0v) is 13.3. The van der Waals surface area contributed by atoms with Crippen LogP contribution in [-0.4, -0.2) is 17.1 Å². The van der Waals surface area contributed by atoms with Crippen LogP contribution in [0.3, 0.4) is 0 Å². The summed E-state index contributed by atoms with van der Waals surface area (Å²) in [5.74, 6) is 0.602. The van der Waals surface area contributed by atoms with Crippen LogP contribution in [0.2, 0.25) is 0 Å². The van der Waals surface area contributed by atoms with Gasteiger partial charge in [-0.2, -0.15) is 0 Å². The number of alkyl halides is 1. The van der Waals surface area contributed by atoms with Crippen LogP contribution in [0.1, 0.15) is 16.1 Å². The molecule has 3 aromatic rings. The Morgan fingerprint density at radius 1 is 1.30 bits per heavy atom. The van der Waals surface area contributed by atoms with E-state index in [0.717, 1.165) is 12.1 Å². The first-order valence-electron chi connectivity index (χ1n) is 6.23. The van der Waals surface area contributed by atoms with Gasteiger partial charge in [0.25, 0.3) is 0 Å². The van der Waals surface area contributed by atoms with E-state index in [1.165, 1.54) is 15.6 Å². The third kappa shape index (κ3) is 2.69. The number of rotatable bonds is 4. The molecule has 3 nitrogen and oxygen atoms in total. The minimum absolute atomic E-state index is 0.234. The second-order valence-corrected chi connectivity index (χ2v) is 6.43. The van der Waals surface area contributed by atoms with Crippen molar-refractivity contribution in [2.24, 2.45) is 0 Å². The van der Waals surface area contributed by atoms with Gasteiger partial charge < -0.3 is 4.74 Å². The third-order valence-corrected chi connectivity index (χ3v) is 4.94. The molecule has 0 spiro atoms. The molecular formula is C15H13BrN2OS. The number of hydrogen-bond donors (Lipinski definition) is 0. The fourth-order valence-corrected chi connectivity index (χ4v) is 4.04. The van der Waals surface area contributed by atoms with Gasteiger partial charge in [-0.3, -0.25) is 0 Å². The molecule has 0 saturated carbocycles. The first-order chi connectivity index (χ1) is 9.78. The van der Waals surface area contributed by atoms with Gasteiger partial charge in [-0.15, -0.1) is 11.3 Å². The fourth-order valence-electron chi connectivity index (χ4n) is 2.13. The standard InChI is InChI=1S/C15H13BrN2OS/c1-19-15-7-10(17-9-18-15)6-13(16)12-8-20-14-5-3-2-4-11(12)14/h2-5,7-9,13H,6H2,1H3. The van der Waals surface area contributed by atoms with Gasteiger partial charge in [0.1, 0.15) is 6.33 Å². The van der Waals surface area contributed by atoms with Crippen molar-refractivity contribution in [3.63, 3.8) is 0 Å². The van der Waals surface area contributed by atoms with Gasteiger partial charge in [-0.25, -0.2) is 9.97 Å². The summed E-state index contributed by atoms with van der Waals surface area (Å²) in [6.07, 6.45) is 2.35. The van der Waals surface area contributed by atoms with Gasteiger partial charge in [0.2, 0.25) is 5.88 Å². The van der Waals surface area contributed by atoms with E-state index in [1.54, 1.807) is 24.8 Å². The largest absolute Gasteiger partial charge is 0.481 e. The summed E-state index contributed by atoms with van der Waals surface area (Å²) in [6, 6.07) is 10.3. The van der Waals surface area contributed by atoms with Gasteiger partial charge in [0.15, 0.2) is 0 Å². The normalized spacial score (nSPS) is 12.5. The van der Waals surface area contributed by atoms with Crippen molar-refractivity contribution in [2.45, 2.75) is 11.2 Å². The van der Waals surface area contributed by atoms with Gasteiger partial charge in [-0.1, -0.05) is 34.1 Å². The Bertz CT molecular complexity index is 728. The second kappa shape index (κ2) is 5.89. The fraction of sp³-hybridized carbons (Fsp3) is 0.200. The third-order valence-electron chi connectivity index (χ3n) is 3.14. The summed E-state index contributed by atoms with van der Waals surface area (Å²) in [5.41, 5.74) is 2.28. The zero-order chi connectivity index (χ0) is 13.9. The Morgan fingerprint density at radius 2 is 2.15 bits per heavy atom. The smallest absolute Gasteiger partial charge is 0.216 e. The average Bonchev–Trinajstić information content (AvgIpc) is 2.91. The molecule has 1 unspecified atom stereocenters. The van der Waals surface area contributed by atoms with Gasteiger partial charge in [0, 0.05) is 27.7 Å². The maximum absolute atomic E-state index is 5.13. The molecule has 0 bridgehead atoms. The highest BCUT2D eigenvalue weighted by Gasteiger charge is 2.14. The number of thiophene rings is 1. The van der Waals surface area contributed by atoms with E-state index < -0.39 is 0 Å². The number of hydrogen-bond acceptors (Lipinski definition) is 4. The maximum atomic E-state index is 5.13. The Kier molecular flexibility index (Phi) is 3.98. The molecule has 1 atom stereocenters. The van der Waals surface area contributed by atoms with Crippen LogP contribution in [0.25, 0.3) is 10.1 Å². The summed E-state index contributed by atoms with van der Waals surface area (Å²) in [4.78, 5) is 8.57. The number of halogens is 1. The van der Waals surface area contributed by atoms with Gasteiger partial charge in [-0.05, 0) is 22.4 Å². The number of benzene rings is 1. The molecular weight excluding hydrogens is 336 g/mol. The lowest BCUT2D eigenvalue weighted by Crippen LogP contribution is -1.99. The van der Waals surface area contributed by atoms with Crippen LogP contribution in [0.15, 0.2) is 42.0 Å². The minimum Gasteiger partial charge on any atom is -0.481 e. The van der Waals surface area contributed by atoms with Crippen LogP contribution in [-0.2, 0) is 6.42 Å². The summed E-state index contributed by atoms with van der Waals surface area (Å²) in [7, 11) is 1.62. The van der Waals surface area contributed by atoms with Crippen molar-refractivity contribution < 1.29 is 4.74 Å². The maximum Gasteiger partial charge on any atom is 0.216 e. The SMILES string of the molecule is COc1cc(CC(Br)c2csc3ccccc23)ncn1. The molecule has 0 fully saturated rings. The Hall–Kier alpha value is -1.46. The van der Waals surface area contributed by atoms with Gasteiger partial charge in [0.05, 0.1) is 7.11 Å². The first kappa shape index (κ1) is 13.5. The van der Waals surface area contributed by atoms with Crippen LogP contribution >= 0.6 is 27.3 Å². The predicted molar refractivity (Wildman–Crippen MR) is 85.8 cm³/mol. The molecule has 2 aromatic heterocycles. The summed E-state index contributed by atoms with van der Waals surface area (Å²) in [6.45, 7) is 0. The highest BCUT2D eigenvalue weighted by atomic mass is 79.9. The molecule has 0 saturated heterocycles. The highest BCUT2D eigenvalue weighted by molar-refractivity contribution is 9.09. The molecule has 102 valence electrons. The number of fused-ring (bicyclic) bond motifs is 1. The van der Waals surface area contributed by atoms with Gasteiger partial charge >= 0.3 is 0 Å². The Labute approximate surface area is 129 Å². The summed E-state index contributed by atoms with van der Waals surface area (Å²) >= 11 is 5.55. The molecule has 0 amide bonds. The summed E-state index contributed by atoms with van der Waals surface area (Å²) in [5, 5.41) is 3.52. The Balaban J connectivity index is 1.87. The minimum atomic E-state index is 0.234. The number of nitrogens with zero attached hydrogens (tertiary/aromatic N) is 2. The first-order valence-corrected chi connectivity index (χ1v) is 8.02. The second-order valence-electron chi connectivity index (χ2n) is 4.41. The quantitative estimate of drug-likeness (QED) is 0.656. The Morgan fingerprint density at radius 3 is 3.00 bits per heavy atom. The van der Waals surface area contributed by atoms with Crippen molar-refractivity contribution in [1.82, 2.24) is 9.97 Å². The molecule has 3 rings (SSSR count). The lowest BCUT2D eigenvalue weighted by atomic mass is 10.1. The lowest BCUT2D eigenvalue weighted by molar-refractivity contribution is 0.396. The van der Waals surface area contributed by atoms with Crippen LogP contribution < -0.4 is 4.74 Å². The highest BCUT2D eigenvalue weighted by Crippen LogP contribution is 2.36. The van der Waals surface area contributed by atoms with E-state index in [1.807, 2.05) is 6.07 Å². The van der Waals surface area contributed by atoms with Crippen LogP contribution in [0.4, 0.5) is 0 Å². The van der Waals surface area contributed by atoms with E-state index in [-0.39, 0.29) is 4.83 Å². The van der Waals surface area contributed by atoms with E-state index in [0.29, 0.717) is 5.88 Å². The molecule has 2 heterocycles. The van der Waals surface area contributed by atoms with Crippen molar-refractivity contribution in [2.75, 3.05) is 7.11 Å². The van der Waals surface area contributed by atoms with Crippen molar-refractivity contribution in [3.05, 3.63) is 53.3 Å². The molecule has 1 aromatic carbocycles. The molecule has 0 aliphatic heterocycles. The molecule has 20 heavy (non-hydrogen) atoms. The molecule has 0 aliphatic carbocycles. The summed E-state index contributed by atoms with van der Waals surface area (Å²) < 4.78 is 6.45.